The summed E-state index contributed by atoms with van der Waals surface area (Å²) in [6.45, 7) is 7.67. The molecule has 0 amide bonds. The number of ether oxygens (including phenoxy) is 2. The van der Waals surface area contributed by atoms with Crippen molar-refractivity contribution in [3.05, 3.63) is 12.7 Å². The lowest BCUT2D eigenvalue weighted by Crippen LogP contribution is -1.89. The topological polar surface area (TPSA) is 99.7 Å². The highest BCUT2D eigenvalue weighted by Crippen LogP contribution is 2.23. The minimum atomic E-state index is -4.67. The van der Waals surface area contributed by atoms with Gasteiger partial charge in [-0.15, -0.1) is 6.58 Å². The summed E-state index contributed by atoms with van der Waals surface area (Å²) >= 11 is 0. The Morgan fingerprint density at radius 1 is 1.47 bits per heavy atom. The second kappa shape index (κ2) is 6.91. The fraction of sp³-hybridized carbons (Fsp3) is 0.750. The van der Waals surface area contributed by atoms with Crippen LogP contribution in [0.15, 0.2) is 12.7 Å². The molecular weight excluding hydrogens is 224 g/mol. The number of rotatable bonds is 2. The van der Waals surface area contributed by atoms with Crippen molar-refractivity contribution in [2.75, 3.05) is 13.2 Å². The first-order valence-corrected chi connectivity index (χ1v) is 5.78. The van der Waals surface area contributed by atoms with E-state index in [-0.39, 0.29) is 0 Å². The van der Waals surface area contributed by atoms with Crippen LogP contribution in [0, 0.1) is 0 Å². The van der Waals surface area contributed by atoms with Crippen LogP contribution in [0.5, 0.6) is 0 Å². The molecule has 2 rings (SSSR count). The van der Waals surface area contributed by atoms with E-state index in [2.05, 4.69) is 18.2 Å². The molecule has 0 aromatic carbocycles. The van der Waals surface area contributed by atoms with E-state index in [0.717, 1.165) is 19.6 Å². The monoisotopic (exact) mass is 240 g/mol. The van der Waals surface area contributed by atoms with Gasteiger partial charge in [-0.1, -0.05) is 6.08 Å². The van der Waals surface area contributed by atoms with E-state index in [4.69, 9.17) is 22.3 Å². The van der Waals surface area contributed by atoms with Gasteiger partial charge in [0.1, 0.15) is 0 Å². The first-order chi connectivity index (χ1) is 6.84. The minimum Gasteiger partial charge on any atom is -0.377 e. The SMILES string of the molecule is C1CO1.C=CCC1OC1C.O=S(=O)(O)O. The van der Waals surface area contributed by atoms with Crippen LogP contribution in [-0.4, -0.2) is 42.9 Å². The second-order valence-electron chi connectivity index (χ2n) is 2.96. The van der Waals surface area contributed by atoms with Gasteiger partial charge in [0.05, 0.1) is 25.4 Å². The van der Waals surface area contributed by atoms with Crippen molar-refractivity contribution < 1.29 is 27.0 Å². The van der Waals surface area contributed by atoms with Gasteiger partial charge < -0.3 is 9.47 Å². The molecular formula is C8H16O6S. The molecule has 2 aliphatic rings. The average molecular weight is 240 g/mol. The Balaban J connectivity index is 0.000000213. The smallest absolute Gasteiger partial charge is 0.377 e. The van der Waals surface area contributed by atoms with Crippen molar-refractivity contribution in [3.63, 3.8) is 0 Å². The van der Waals surface area contributed by atoms with Crippen LogP contribution in [0.1, 0.15) is 13.3 Å². The molecule has 0 bridgehead atoms. The van der Waals surface area contributed by atoms with Crippen LogP contribution >= 0.6 is 0 Å². The van der Waals surface area contributed by atoms with Crippen molar-refractivity contribution >= 4 is 10.4 Å². The molecule has 2 saturated heterocycles. The zero-order valence-electron chi connectivity index (χ0n) is 8.50. The number of epoxide rings is 2. The summed E-state index contributed by atoms with van der Waals surface area (Å²) in [4.78, 5) is 0. The van der Waals surface area contributed by atoms with E-state index < -0.39 is 10.4 Å². The molecule has 0 saturated carbocycles. The van der Waals surface area contributed by atoms with Gasteiger partial charge in [-0.05, 0) is 13.3 Å². The van der Waals surface area contributed by atoms with Crippen molar-refractivity contribution in [2.24, 2.45) is 0 Å². The maximum Gasteiger partial charge on any atom is 0.394 e. The summed E-state index contributed by atoms with van der Waals surface area (Å²) in [5.74, 6) is 0. The maximum absolute atomic E-state index is 8.74. The van der Waals surface area contributed by atoms with Gasteiger partial charge in [0.2, 0.25) is 0 Å². The Labute approximate surface area is 89.5 Å². The fourth-order valence-corrected chi connectivity index (χ4v) is 0.642. The first kappa shape index (κ1) is 14.5. The van der Waals surface area contributed by atoms with E-state index in [1.54, 1.807) is 0 Å². The van der Waals surface area contributed by atoms with E-state index in [9.17, 15) is 0 Å². The lowest BCUT2D eigenvalue weighted by Gasteiger charge is -1.76. The van der Waals surface area contributed by atoms with Crippen molar-refractivity contribution in [1.29, 1.82) is 0 Å². The molecule has 2 aliphatic heterocycles. The lowest BCUT2D eigenvalue weighted by molar-refractivity contribution is 0.379. The minimum absolute atomic E-state index is 0.498. The predicted octanol–water partition coefficient (Wildman–Crippen LogP) is 0.714. The molecule has 0 radical (unpaired) electrons. The molecule has 90 valence electrons. The predicted molar refractivity (Wildman–Crippen MR) is 54.1 cm³/mol. The summed E-state index contributed by atoms with van der Waals surface area (Å²) in [7, 11) is -4.67. The molecule has 2 N–H and O–H groups in total. The van der Waals surface area contributed by atoms with Gasteiger partial charge in [0, 0.05) is 0 Å². The summed E-state index contributed by atoms with van der Waals surface area (Å²) in [6.07, 6.45) is 3.91. The highest BCUT2D eigenvalue weighted by Gasteiger charge is 2.31. The summed E-state index contributed by atoms with van der Waals surface area (Å²) in [5.41, 5.74) is 0. The van der Waals surface area contributed by atoms with Gasteiger partial charge in [0.25, 0.3) is 0 Å². The molecule has 15 heavy (non-hydrogen) atoms. The summed E-state index contributed by atoms with van der Waals surface area (Å²) in [5, 5.41) is 0. The number of hydrogen-bond donors (Lipinski definition) is 2. The van der Waals surface area contributed by atoms with Gasteiger partial charge in [-0.2, -0.15) is 8.42 Å². The highest BCUT2D eigenvalue weighted by molar-refractivity contribution is 7.79. The van der Waals surface area contributed by atoms with E-state index in [0.29, 0.717) is 12.2 Å². The standard InChI is InChI=1S/C6H10O.C2H4O.H2O4S/c1-3-4-6-5(2)7-6;1-2-3-1;1-5(2,3)4/h3,5-6H,1,4H2,2H3;1-2H2;(H2,1,2,3,4). The Morgan fingerprint density at radius 2 is 1.80 bits per heavy atom. The van der Waals surface area contributed by atoms with Crippen LogP contribution in [0.25, 0.3) is 0 Å². The van der Waals surface area contributed by atoms with Crippen LogP contribution in [0.2, 0.25) is 0 Å². The normalized spacial score (nSPS) is 26.3. The van der Waals surface area contributed by atoms with E-state index in [1.165, 1.54) is 0 Å². The van der Waals surface area contributed by atoms with Crippen molar-refractivity contribution in [1.82, 2.24) is 0 Å². The maximum atomic E-state index is 8.74. The first-order valence-electron chi connectivity index (χ1n) is 4.38. The van der Waals surface area contributed by atoms with Crippen LogP contribution in [-0.2, 0) is 19.9 Å². The van der Waals surface area contributed by atoms with Crippen molar-refractivity contribution in [2.45, 2.75) is 25.6 Å². The Morgan fingerprint density at radius 3 is 1.87 bits per heavy atom. The molecule has 0 aliphatic carbocycles. The largest absolute Gasteiger partial charge is 0.394 e. The van der Waals surface area contributed by atoms with Gasteiger partial charge in [-0.3, -0.25) is 9.11 Å². The average Bonchev–Trinajstić information content (AvgIpc) is 2.82. The van der Waals surface area contributed by atoms with Crippen LogP contribution < -0.4 is 0 Å². The zero-order valence-corrected chi connectivity index (χ0v) is 9.31. The van der Waals surface area contributed by atoms with Crippen LogP contribution in [0.4, 0.5) is 0 Å². The van der Waals surface area contributed by atoms with Gasteiger partial charge in [0.15, 0.2) is 0 Å². The molecule has 2 unspecified atom stereocenters. The molecule has 7 heteroatoms. The Kier molecular flexibility index (Phi) is 6.70. The Hall–Kier alpha value is -0.470. The third kappa shape index (κ3) is 19.8. The molecule has 2 fully saturated rings. The highest BCUT2D eigenvalue weighted by atomic mass is 32.3. The third-order valence-electron chi connectivity index (χ3n) is 1.44. The fourth-order valence-electron chi connectivity index (χ4n) is 0.642. The van der Waals surface area contributed by atoms with E-state index >= 15 is 0 Å². The molecule has 2 heterocycles. The van der Waals surface area contributed by atoms with Crippen LogP contribution in [0.3, 0.4) is 0 Å². The van der Waals surface area contributed by atoms with E-state index in [1.807, 2.05) is 6.08 Å². The van der Waals surface area contributed by atoms with Gasteiger partial charge >= 0.3 is 10.4 Å². The molecule has 0 spiro atoms. The molecule has 6 nitrogen and oxygen atoms in total. The second-order valence-corrected chi connectivity index (χ2v) is 3.86. The lowest BCUT2D eigenvalue weighted by atomic mass is 10.2. The molecule has 0 aromatic rings. The van der Waals surface area contributed by atoms with Gasteiger partial charge in [-0.25, -0.2) is 0 Å². The number of hydrogen-bond acceptors (Lipinski definition) is 4. The zero-order chi connectivity index (χ0) is 11.9. The molecule has 2 atom stereocenters. The van der Waals surface area contributed by atoms with Crippen molar-refractivity contribution in [3.8, 4) is 0 Å². The quantitative estimate of drug-likeness (QED) is 0.419. The Bertz CT molecular complexity index is 260. The molecule has 0 aromatic heterocycles. The summed E-state index contributed by atoms with van der Waals surface area (Å²) in [6, 6.07) is 0. The summed E-state index contributed by atoms with van der Waals surface area (Å²) < 4.78 is 41.2. The third-order valence-corrected chi connectivity index (χ3v) is 1.44.